The Morgan fingerprint density at radius 3 is 2.60 bits per heavy atom. The molecule has 0 amide bonds. The highest BCUT2D eigenvalue weighted by atomic mass is 16.3. The van der Waals surface area contributed by atoms with Gasteiger partial charge >= 0.3 is 0 Å². The van der Waals surface area contributed by atoms with Gasteiger partial charge in [0.05, 0.1) is 6.10 Å². The second kappa shape index (κ2) is 5.48. The molecule has 0 aliphatic rings. The molecule has 0 aromatic rings. The summed E-state index contributed by atoms with van der Waals surface area (Å²) in [6, 6.07) is 0. The van der Waals surface area contributed by atoms with Crippen LogP contribution in [0, 0.1) is 5.92 Å². The summed E-state index contributed by atoms with van der Waals surface area (Å²) in [6.07, 6.45) is 4.38. The van der Waals surface area contributed by atoms with E-state index in [9.17, 15) is 5.11 Å². The molecule has 0 radical (unpaired) electrons. The van der Waals surface area contributed by atoms with Crippen LogP contribution in [0.2, 0.25) is 0 Å². The van der Waals surface area contributed by atoms with E-state index in [-0.39, 0.29) is 6.10 Å². The van der Waals surface area contributed by atoms with Crippen LogP contribution < -0.4 is 0 Å². The molecular weight excluding hydrogens is 124 g/mol. The van der Waals surface area contributed by atoms with E-state index in [1.807, 2.05) is 0 Å². The van der Waals surface area contributed by atoms with Crippen LogP contribution in [0.3, 0.4) is 0 Å². The van der Waals surface area contributed by atoms with Crippen molar-refractivity contribution in [3.63, 3.8) is 0 Å². The molecule has 0 fully saturated rings. The van der Waals surface area contributed by atoms with Crippen molar-refractivity contribution in [2.24, 2.45) is 5.92 Å². The average Bonchev–Trinajstić information content (AvgIpc) is 1.88. The number of hydrogen-bond acceptors (Lipinski definition) is 1. The Balaban J connectivity index is 3.35. The predicted molar refractivity (Wildman–Crippen MR) is 44.9 cm³/mol. The minimum absolute atomic E-state index is 0.174. The lowest BCUT2D eigenvalue weighted by Crippen LogP contribution is -2.09. The fourth-order valence-corrected chi connectivity index (χ4v) is 0.920. The zero-order valence-corrected chi connectivity index (χ0v) is 7.01. The molecule has 0 saturated heterocycles. The third-order valence-corrected chi connectivity index (χ3v) is 1.81. The molecule has 1 nitrogen and oxygen atoms in total. The summed E-state index contributed by atoms with van der Waals surface area (Å²) in [5, 5.41) is 9.28. The maximum Gasteiger partial charge on any atom is 0.0577 e. The molecule has 0 aromatic heterocycles. The molecule has 0 aromatic carbocycles. The van der Waals surface area contributed by atoms with Crippen molar-refractivity contribution >= 4 is 0 Å². The van der Waals surface area contributed by atoms with Gasteiger partial charge in [0, 0.05) is 0 Å². The lowest BCUT2D eigenvalue weighted by Gasteiger charge is -2.12. The largest absolute Gasteiger partial charge is 0.393 e. The van der Waals surface area contributed by atoms with E-state index in [4.69, 9.17) is 0 Å². The van der Waals surface area contributed by atoms with Crippen LogP contribution in [0.15, 0.2) is 12.7 Å². The van der Waals surface area contributed by atoms with E-state index < -0.39 is 0 Å². The highest BCUT2D eigenvalue weighted by Crippen LogP contribution is 2.11. The summed E-state index contributed by atoms with van der Waals surface area (Å²) in [5.74, 6) is 0.634. The highest BCUT2D eigenvalue weighted by molar-refractivity contribution is 4.73. The van der Waals surface area contributed by atoms with Crippen LogP contribution in [0.25, 0.3) is 0 Å². The van der Waals surface area contributed by atoms with Gasteiger partial charge in [0.2, 0.25) is 0 Å². The van der Waals surface area contributed by atoms with Crippen molar-refractivity contribution in [1.29, 1.82) is 0 Å². The standard InChI is InChI=1S/C9H18O/c1-4-6-9(10)7-8(3)5-2/h4,8-10H,1,5-7H2,2-3H3/t8-,9-/m0/s1. The zero-order chi connectivity index (χ0) is 7.98. The summed E-state index contributed by atoms with van der Waals surface area (Å²) in [6.45, 7) is 7.88. The number of hydrogen-bond donors (Lipinski definition) is 1. The molecule has 1 N–H and O–H groups in total. The van der Waals surface area contributed by atoms with Crippen LogP contribution in [-0.2, 0) is 0 Å². The predicted octanol–water partition coefficient (Wildman–Crippen LogP) is 2.36. The van der Waals surface area contributed by atoms with Gasteiger partial charge in [-0.1, -0.05) is 26.3 Å². The molecule has 0 aliphatic heterocycles. The second-order valence-corrected chi connectivity index (χ2v) is 2.93. The number of aliphatic hydroxyl groups excluding tert-OH is 1. The van der Waals surface area contributed by atoms with Gasteiger partial charge in [-0.3, -0.25) is 0 Å². The molecule has 0 unspecified atom stereocenters. The molecule has 0 bridgehead atoms. The van der Waals surface area contributed by atoms with Crippen molar-refractivity contribution in [3.8, 4) is 0 Å². The van der Waals surface area contributed by atoms with E-state index >= 15 is 0 Å². The van der Waals surface area contributed by atoms with Crippen LogP contribution in [0.4, 0.5) is 0 Å². The van der Waals surface area contributed by atoms with Crippen molar-refractivity contribution in [2.75, 3.05) is 0 Å². The van der Waals surface area contributed by atoms with Gasteiger partial charge < -0.3 is 5.11 Å². The molecule has 0 aliphatic carbocycles. The van der Waals surface area contributed by atoms with E-state index in [0.29, 0.717) is 5.92 Å². The van der Waals surface area contributed by atoms with Crippen molar-refractivity contribution < 1.29 is 5.11 Å². The van der Waals surface area contributed by atoms with Gasteiger partial charge in [-0.05, 0) is 18.8 Å². The quantitative estimate of drug-likeness (QED) is 0.584. The monoisotopic (exact) mass is 142 g/mol. The number of rotatable bonds is 5. The van der Waals surface area contributed by atoms with Gasteiger partial charge in [-0.2, -0.15) is 0 Å². The van der Waals surface area contributed by atoms with E-state index in [1.165, 1.54) is 0 Å². The van der Waals surface area contributed by atoms with E-state index in [1.54, 1.807) is 6.08 Å². The normalized spacial score (nSPS) is 16.3. The Labute approximate surface area is 63.8 Å². The Hall–Kier alpha value is -0.300. The van der Waals surface area contributed by atoms with Crippen LogP contribution in [-0.4, -0.2) is 11.2 Å². The first-order valence-corrected chi connectivity index (χ1v) is 3.99. The summed E-state index contributed by atoms with van der Waals surface area (Å²) in [4.78, 5) is 0. The SMILES string of the molecule is C=CC[C@H](O)C[C@@H](C)CC. The fraction of sp³-hybridized carbons (Fsp3) is 0.778. The summed E-state index contributed by atoms with van der Waals surface area (Å²) in [7, 11) is 0. The van der Waals surface area contributed by atoms with Crippen molar-refractivity contribution in [3.05, 3.63) is 12.7 Å². The van der Waals surface area contributed by atoms with Crippen molar-refractivity contribution in [2.45, 2.75) is 39.2 Å². The maximum atomic E-state index is 9.28. The second-order valence-electron chi connectivity index (χ2n) is 2.93. The average molecular weight is 142 g/mol. The first-order valence-electron chi connectivity index (χ1n) is 3.99. The molecule has 2 atom stereocenters. The van der Waals surface area contributed by atoms with Gasteiger partial charge in [-0.25, -0.2) is 0 Å². The summed E-state index contributed by atoms with van der Waals surface area (Å²) in [5.41, 5.74) is 0. The van der Waals surface area contributed by atoms with Crippen LogP contribution in [0.5, 0.6) is 0 Å². The minimum atomic E-state index is -0.174. The molecule has 10 heavy (non-hydrogen) atoms. The van der Waals surface area contributed by atoms with E-state index in [2.05, 4.69) is 20.4 Å². The summed E-state index contributed by atoms with van der Waals surface area (Å²) >= 11 is 0. The van der Waals surface area contributed by atoms with Gasteiger partial charge in [-0.15, -0.1) is 6.58 Å². The molecule has 0 heterocycles. The highest BCUT2D eigenvalue weighted by Gasteiger charge is 2.05. The Kier molecular flexibility index (Phi) is 5.32. The van der Waals surface area contributed by atoms with Crippen molar-refractivity contribution in [1.82, 2.24) is 0 Å². The smallest absolute Gasteiger partial charge is 0.0577 e. The van der Waals surface area contributed by atoms with Crippen LogP contribution in [0.1, 0.15) is 33.1 Å². The minimum Gasteiger partial charge on any atom is -0.393 e. The first kappa shape index (κ1) is 9.70. The van der Waals surface area contributed by atoms with Gasteiger partial charge in [0.25, 0.3) is 0 Å². The lowest BCUT2D eigenvalue weighted by atomic mass is 9.99. The number of aliphatic hydroxyl groups is 1. The molecule has 0 saturated carbocycles. The third kappa shape index (κ3) is 4.57. The van der Waals surface area contributed by atoms with Gasteiger partial charge in [0.1, 0.15) is 0 Å². The third-order valence-electron chi connectivity index (χ3n) is 1.81. The Morgan fingerprint density at radius 1 is 1.60 bits per heavy atom. The summed E-state index contributed by atoms with van der Waals surface area (Å²) < 4.78 is 0. The molecule has 1 heteroatoms. The molecule has 0 rings (SSSR count). The Morgan fingerprint density at radius 2 is 2.20 bits per heavy atom. The molecule has 60 valence electrons. The molecular formula is C9H18O. The Bertz CT molecular complexity index is 88.7. The lowest BCUT2D eigenvalue weighted by molar-refractivity contribution is 0.147. The van der Waals surface area contributed by atoms with Crippen LogP contribution >= 0.6 is 0 Å². The maximum absolute atomic E-state index is 9.28. The van der Waals surface area contributed by atoms with E-state index in [0.717, 1.165) is 19.3 Å². The zero-order valence-electron chi connectivity index (χ0n) is 7.01. The topological polar surface area (TPSA) is 20.2 Å². The van der Waals surface area contributed by atoms with Gasteiger partial charge in [0.15, 0.2) is 0 Å². The fourth-order valence-electron chi connectivity index (χ4n) is 0.920. The first-order chi connectivity index (χ1) is 4.70. The molecule has 0 spiro atoms.